The standard InChI is InChI=1S/C30H30F4N4O4S/c1-41-22-9-8-21-26(43-29(36-21)38-12-17-5-6-18(13-38)42-17)24(22)28(40)37-25-15-3-2-14(10-15)23(25)27(39)35-16-4-7-20(31)19(11-16)30(32,33)34/h4,7-9,11,14-15,17-18,23,25H,2-3,5-6,10,12-13H2,1H3,(H,35,39)(H,37,40)/t14-,15+,17?,18?,23+,25-/m1/s1. The molecule has 6 atom stereocenters. The van der Waals surface area contributed by atoms with Crippen LogP contribution >= 0.6 is 11.3 Å². The Morgan fingerprint density at radius 1 is 1.07 bits per heavy atom. The molecule has 3 heterocycles. The summed E-state index contributed by atoms with van der Waals surface area (Å²) in [5, 5.41) is 6.46. The van der Waals surface area contributed by atoms with Gasteiger partial charge in [0.15, 0.2) is 5.13 Å². The van der Waals surface area contributed by atoms with Crippen molar-refractivity contribution in [3.63, 3.8) is 0 Å². The van der Waals surface area contributed by atoms with Crippen molar-refractivity contribution in [1.29, 1.82) is 0 Å². The number of benzene rings is 2. The van der Waals surface area contributed by atoms with Crippen LogP contribution in [0.15, 0.2) is 30.3 Å². The highest BCUT2D eigenvalue weighted by atomic mass is 32.1. The summed E-state index contributed by atoms with van der Waals surface area (Å²) in [5.41, 5.74) is -0.581. The number of amides is 2. The van der Waals surface area contributed by atoms with E-state index in [0.717, 1.165) is 56.4 Å². The van der Waals surface area contributed by atoms with Crippen LogP contribution < -0.4 is 20.3 Å². The number of ether oxygens (including phenoxy) is 2. The first-order chi connectivity index (χ1) is 20.6. The number of methoxy groups -OCH3 is 1. The van der Waals surface area contributed by atoms with E-state index < -0.39 is 41.3 Å². The van der Waals surface area contributed by atoms with Gasteiger partial charge >= 0.3 is 6.18 Å². The Labute approximate surface area is 248 Å². The minimum absolute atomic E-state index is 0.0257. The number of halogens is 4. The summed E-state index contributed by atoms with van der Waals surface area (Å²) in [7, 11) is 1.49. The first-order valence-corrected chi connectivity index (χ1v) is 15.3. The lowest BCUT2D eigenvalue weighted by Crippen LogP contribution is -2.48. The lowest BCUT2D eigenvalue weighted by molar-refractivity contribution is -0.140. The summed E-state index contributed by atoms with van der Waals surface area (Å²) < 4.78 is 65.8. The van der Waals surface area contributed by atoms with Crippen LogP contribution in [0.1, 0.15) is 48.0 Å². The summed E-state index contributed by atoms with van der Waals surface area (Å²) >= 11 is 1.42. The van der Waals surface area contributed by atoms with E-state index in [0.29, 0.717) is 33.7 Å². The highest BCUT2D eigenvalue weighted by Crippen LogP contribution is 2.49. The topological polar surface area (TPSA) is 92.8 Å². The van der Waals surface area contributed by atoms with Gasteiger partial charge in [-0.2, -0.15) is 13.2 Å². The number of carbonyl (C=O) groups is 2. The molecule has 2 aromatic carbocycles. The zero-order valence-electron chi connectivity index (χ0n) is 23.2. The molecule has 4 bridgehead atoms. The second kappa shape index (κ2) is 10.6. The number of fused-ring (bicyclic) bond motifs is 5. The molecule has 3 aromatic rings. The zero-order valence-corrected chi connectivity index (χ0v) is 24.1. The molecule has 2 aliphatic carbocycles. The van der Waals surface area contributed by atoms with Crippen molar-refractivity contribution in [2.45, 2.75) is 56.5 Å². The summed E-state index contributed by atoms with van der Waals surface area (Å²) in [5.74, 6) is -2.53. The van der Waals surface area contributed by atoms with E-state index in [9.17, 15) is 27.2 Å². The third kappa shape index (κ3) is 5.09. The van der Waals surface area contributed by atoms with Gasteiger partial charge in [0, 0.05) is 24.8 Å². The Kier molecular flexibility index (Phi) is 6.99. The minimum atomic E-state index is -4.90. The number of hydrogen-bond donors (Lipinski definition) is 2. The molecular weight excluding hydrogens is 588 g/mol. The predicted octanol–water partition coefficient (Wildman–Crippen LogP) is 5.61. The Bertz CT molecular complexity index is 1580. The maximum atomic E-state index is 13.9. The number of carbonyl (C=O) groups excluding carboxylic acids is 2. The van der Waals surface area contributed by atoms with Crippen LogP contribution in [0.5, 0.6) is 5.75 Å². The molecule has 13 heteroatoms. The van der Waals surface area contributed by atoms with Crippen molar-refractivity contribution in [2.24, 2.45) is 17.8 Å². The van der Waals surface area contributed by atoms with E-state index in [-0.39, 0.29) is 29.7 Å². The highest BCUT2D eigenvalue weighted by Gasteiger charge is 2.51. The van der Waals surface area contributed by atoms with E-state index >= 15 is 0 Å². The molecule has 0 spiro atoms. The van der Waals surface area contributed by atoms with Crippen molar-refractivity contribution >= 4 is 44.2 Å². The summed E-state index contributed by atoms with van der Waals surface area (Å²) in [6, 6.07) is 5.41. The highest BCUT2D eigenvalue weighted by molar-refractivity contribution is 7.22. The van der Waals surface area contributed by atoms with Gasteiger partial charge in [0.1, 0.15) is 17.1 Å². The van der Waals surface area contributed by atoms with Crippen LogP contribution in [0.4, 0.5) is 28.4 Å². The molecule has 2 unspecified atom stereocenters. The van der Waals surface area contributed by atoms with Gasteiger partial charge in [-0.15, -0.1) is 0 Å². The molecule has 228 valence electrons. The maximum Gasteiger partial charge on any atom is 0.419 e. The fourth-order valence-electron chi connectivity index (χ4n) is 7.40. The molecule has 0 radical (unpaired) electrons. The maximum absolute atomic E-state index is 13.9. The first kappa shape index (κ1) is 28.3. The van der Waals surface area contributed by atoms with Crippen molar-refractivity contribution in [2.75, 3.05) is 30.4 Å². The smallest absolute Gasteiger partial charge is 0.419 e. The van der Waals surface area contributed by atoms with Gasteiger partial charge in [-0.25, -0.2) is 9.37 Å². The molecule has 2 N–H and O–H groups in total. The van der Waals surface area contributed by atoms with Gasteiger partial charge in [-0.1, -0.05) is 11.3 Å². The summed E-state index contributed by atoms with van der Waals surface area (Å²) in [6.45, 7) is 1.49. The monoisotopic (exact) mass is 618 g/mol. The number of anilines is 2. The molecular formula is C30H30F4N4O4S. The van der Waals surface area contributed by atoms with Crippen LogP contribution in [0.25, 0.3) is 10.2 Å². The quantitative estimate of drug-likeness (QED) is 0.349. The molecule has 2 saturated carbocycles. The lowest BCUT2D eigenvalue weighted by atomic mass is 9.83. The predicted molar refractivity (Wildman–Crippen MR) is 152 cm³/mol. The molecule has 1 aromatic heterocycles. The van der Waals surface area contributed by atoms with Crippen LogP contribution in [0.3, 0.4) is 0 Å². The fraction of sp³-hybridized carbons (Fsp3) is 0.500. The van der Waals surface area contributed by atoms with Crippen LogP contribution in [-0.4, -0.2) is 55.2 Å². The number of hydrogen-bond acceptors (Lipinski definition) is 7. The van der Waals surface area contributed by atoms with Gasteiger partial charge in [0.05, 0.1) is 41.0 Å². The molecule has 4 fully saturated rings. The fourth-order valence-corrected chi connectivity index (χ4v) is 8.52. The number of nitrogens with zero attached hydrogens (tertiary/aromatic N) is 2. The Hall–Kier alpha value is -3.45. The lowest BCUT2D eigenvalue weighted by Gasteiger charge is -2.31. The van der Waals surface area contributed by atoms with E-state index in [4.69, 9.17) is 14.5 Å². The van der Waals surface area contributed by atoms with E-state index in [2.05, 4.69) is 15.5 Å². The summed E-state index contributed by atoms with van der Waals surface area (Å²) in [4.78, 5) is 34.4. The van der Waals surface area contributed by atoms with Crippen molar-refractivity contribution < 1.29 is 36.6 Å². The normalized spacial score (nSPS) is 28.0. The molecule has 2 amide bonds. The summed E-state index contributed by atoms with van der Waals surface area (Å²) in [6.07, 6.45) is -0.146. The van der Waals surface area contributed by atoms with Crippen LogP contribution in [-0.2, 0) is 15.7 Å². The number of thiazole rings is 1. The van der Waals surface area contributed by atoms with E-state index in [1.165, 1.54) is 18.4 Å². The molecule has 7 rings (SSSR count). The van der Waals surface area contributed by atoms with E-state index in [1.54, 1.807) is 6.07 Å². The Morgan fingerprint density at radius 3 is 2.53 bits per heavy atom. The van der Waals surface area contributed by atoms with Crippen molar-refractivity contribution in [3.05, 3.63) is 47.3 Å². The van der Waals surface area contributed by atoms with Gasteiger partial charge in [-0.3, -0.25) is 9.59 Å². The molecule has 2 aliphatic heterocycles. The number of aromatic nitrogens is 1. The second-order valence-corrected chi connectivity index (χ2v) is 12.9. The van der Waals surface area contributed by atoms with Crippen LogP contribution in [0.2, 0.25) is 0 Å². The molecule has 2 saturated heterocycles. The Balaban J connectivity index is 1.14. The largest absolute Gasteiger partial charge is 0.496 e. The minimum Gasteiger partial charge on any atom is -0.496 e. The number of morpholine rings is 1. The first-order valence-electron chi connectivity index (χ1n) is 14.5. The van der Waals surface area contributed by atoms with Gasteiger partial charge in [0.25, 0.3) is 5.91 Å². The number of rotatable bonds is 6. The zero-order chi connectivity index (χ0) is 30.0. The number of nitrogens with one attached hydrogen (secondary N) is 2. The number of alkyl halides is 3. The van der Waals surface area contributed by atoms with Gasteiger partial charge in [-0.05, 0) is 74.3 Å². The molecule has 8 nitrogen and oxygen atoms in total. The van der Waals surface area contributed by atoms with Crippen LogP contribution in [0, 0.1) is 23.6 Å². The van der Waals surface area contributed by atoms with E-state index in [1.807, 2.05) is 6.07 Å². The molecule has 43 heavy (non-hydrogen) atoms. The average molecular weight is 619 g/mol. The third-order valence-electron chi connectivity index (χ3n) is 9.33. The Morgan fingerprint density at radius 2 is 1.81 bits per heavy atom. The van der Waals surface area contributed by atoms with Gasteiger partial charge < -0.3 is 25.0 Å². The average Bonchev–Trinajstić information content (AvgIpc) is 3.76. The van der Waals surface area contributed by atoms with Crippen molar-refractivity contribution in [1.82, 2.24) is 10.3 Å². The second-order valence-electron chi connectivity index (χ2n) is 11.9. The van der Waals surface area contributed by atoms with Crippen molar-refractivity contribution in [3.8, 4) is 5.75 Å². The molecule has 4 aliphatic rings. The van der Waals surface area contributed by atoms with Gasteiger partial charge in [0.2, 0.25) is 5.91 Å². The third-order valence-corrected chi connectivity index (χ3v) is 10.5. The SMILES string of the molecule is COc1ccc2nc(N3CC4CCC(C3)O4)sc2c1C(=O)N[C@@H]1[C@H]2CC[C@H](C2)[C@@H]1C(=O)Nc1ccc(F)c(C(F)(F)F)c1.